The predicted molar refractivity (Wildman–Crippen MR) is 83.8 cm³/mol. The number of piperazine rings is 1. The van der Waals surface area contributed by atoms with Crippen LogP contribution in [0.25, 0.3) is 0 Å². The first-order chi connectivity index (χ1) is 9.70. The van der Waals surface area contributed by atoms with E-state index in [1.165, 1.54) is 0 Å². The zero-order chi connectivity index (χ0) is 15.8. The Morgan fingerprint density at radius 1 is 1.29 bits per heavy atom. The molecule has 0 spiro atoms. The van der Waals surface area contributed by atoms with Crippen LogP contribution in [0.15, 0.2) is 0 Å². The highest BCUT2D eigenvalue weighted by Gasteiger charge is 2.56. The standard InChI is InChI=1S/C17H30N2O2/c1-6-7-13-14(20)19(11-10-16(2,3)4)17(5,12-8-9-12)15(21)18-13/h12-13H,6-11H2,1-5H3,(H,18,21). The minimum atomic E-state index is -0.632. The first kappa shape index (κ1) is 16.3. The van der Waals surface area contributed by atoms with Gasteiger partial charge in [-0.3, -0.25) is 9.59 Å². The molecular weight excluding hydrogens is 264 g/mol. The second-order valence-corrected chi connectivity index (χ2v) is 8.04. The molecule has 2 atom stereocenters. The highest BCUT2D eigenvalue weighted by Crippen LogP contribution is 2.45. The van der Waals surface area contributed by atoms with Crippen molar-refractivity contribution in [2.45, 2.75) is 78.3 Å². The Morgan fingerprint density at radius 2 is 1.90 bits per heavy atom. The van der Waals surface area contributed by atoms with Crippen LogP contribution in [0.5, 0.6) is 0 Å². The number of nitrogens with zero attached hydrogens (tertiary/aromatic N) is 1. The fourth-order valence-electron chi connectivity index (χ4n) is 3.23. The average Bonchev–Trinajstić information content (AvgIpc) is 3.19. The van der Waals surface area contributed by atoms with Crippen molar-refractivity contribution in [1.29, 1.82) is 0 Å². The molecule has 2 amide bonds. The van der Waals surface area contributed by atoms with Crippen LogP contribution < -0.4 is 5.32 Å². The molecule has 0 aromatic rings. The maximum atomic E-state index is 12.8. The number of carbonyl (C=O) groups is 2. The summed E-state index contributed by atoms with van der Waals surface area (Å²) in [6, 6.07) is -0.325. The number of carbonyl (C=O) groups excluding carboxylic acids is 2. The van der Waals surface area contributed by atoms with Gasteiger partial charge < -0.3 is 10.2 Å². The van der Waals surface area contributed by atoms with Crippen LogP contribution >= 0.6 is 0 Å². The Labute approximate surface area is 128 Å². The summed E-state index contributed by atoms with van der Waals surface area (Å²) in [6.45, 7) is 11.2. The van der Waals surface area contributed by atoms with Crippen LogP contribution in [0, 0.1) is 11.3 Å². The lowest BCUT2D eigenvalue weighted by Gasteiger charge is -2.47. The van der Waals surface area contributed by atoms with Gasteiger partial charge in [0.1, 0.15) is 11.6 Å². The van der Waals surface area contributed by atoms with Gasteiger partial charge >= 0.3 is 0 Å². The van der Waals surface area contributed by atoms with Gasteiger partial charge in [0.15, 0.2) is 0 Å². The maximum Gasteiger partial charge on any atom is 0.246 e. The quantitative estimate of drug-likeness (QED) is 0.847. The van der Waals surface area contributed by atoms with Crippen molar-refractivity contribution < 1.29 is 9.59 Å². The second-order valence-electron chi connectivity index (χ2n) is 8.04. The van der Waals surface area contributed by atoms with E-state index in [9.17, 15) is 9.59 Å². The molecule has 0 aromatic carbocycles. The summed E-state index contributed by atoms with van der Waals surface area (Å²) in [5, 5.41) is 2.98. The van der Waals surface area contributed by atoms with Crippen molar-refractivity contribution in [2.75, 3.05) is 6.54 Å². The fourth-order valence-corrected chi connectivity index (χ4v) is 3.23. The molecule has 1 saturated heterocycles. The van der Waals surface area contributed by atoms with Gasteiger partial charge in [-0.15, -0.1) is 0 Å². The van der Waals surface area contributed by atoms with Crippen LogP contribution in [-0.4, -0.2) is 34.8 Å². The molecule has 0 radical (unpaired) electrons. The number of hydrogen-bond donors (Lipinski definition) is 1. The molecule has 4 nitrogen and oxygen atoms in total. The third-order valence-electron chi connectivity index (χ3n) is 4.92. The fraction of sp³-hybridized carbons (Fsp3) is 0.882. The van der Waals surface area contributed by atoms with Crippen molar-refractivity contribution in [2.24, 2.45) is 11.3 Å². The van der Waals surface area contributed by atoms with Gasteiger partial charge in [0.25, 0.3) is 0 Å². The highest BCUT2D eigenvalue weighted by molar-refractivity contribution is 6.00. The third-order valence-corrected chi connectivity index (χ3v) is 4.92. The molecule has 21 heavy (non-hydrogen) atoms. The van der Waals surface area contributed by atoms with Crippen LogP contribution in [0.3, 0.4) is 0 Å². The number of nitrogens with one attached hydrogen (secondary N) is 1. The van der Waals surface area contributed by atoms with Gasteiger partial charge in [0, 0.05) is 6.54 Å². The van der Waals surface area contributed by atoms with Gasteiger partial charge in [-0.1, -0.05) is 34.1 Å². The molecule has 2 rings (SSSR count). The van der Waals surface area contributed by atoms with E-state index in [4.69, 9.17) is 0 Å². The lowest BCUT2D eigenvalue weighted by molar-refractivity contribution is -0.158. The normalized spacial score (nSPS) is 30.5. The molecule has 0 aromatic heterocycles. The summed E-state index contributed by atoms with van der Waals surface area (Å²) in [6.07, 6.45) is 4.68. The summed E-state index contributed by atoms with van der Waals surface area (Å²) in [5.41, 5.74) is -0.467. The SMILES string of the molecule is CCCC1NC(=O)C(C)(C2CC2)N(CCC(C)(C)C)C1=O. The number of hydrogen-bond acceptors (Lipinski definition) is 2. The molecule has 2 fully saturated rings. The van der Waals surface area contributed by atoms with E-state index in [0.29, 0.717) is 12.5 Å². The molecule has 1 saturated carbocycles. The summed E-state index contributed by atoms with van der Waals surface area (Å²) < 4.78 is 0. The molecule has 2 unspecified atom stereocenters. The van der Waals surface area contributed by atoms with Gasteiger partial charge in [0.2, 0.25) is 11.8 Å². The zero-order valence-corrected chi connectivity index (χ0v) is 14.2. The molecule has 1 aliphatic carbocycles. The molecule has 1 heterocycles. The first-order valence-electron chi connectivity index (χ1n) is 8.32. The Bertz CT molecular complexity index is 423. The van der Waals surface area contributed by atoms with Gasteiger partial charge in [-0.05, 0) is 43.9 Å². The zero-order valence-electron chi connectivity index (χ0n) is 14.2. The Balaban J connectivity index is 2.22. The van der Waals surface area contributed by atoms with Crippen molar-refractivity contribution in [3.8, 4) is 0 Å². The lowest BCUT2D eigenvalue weighted by Crippen LogP contribution is -2.70. The van der Waals surface area contributed by atoms with E-state index in [1.807, 2.05) is 18.7 Å². The smallest absolute Gasteiger partial charge is 0.246 e. The molecule has 0 bridgehead atoms. The van der Waals surface area contributed by atoms with Gasteiger partial charge in [0.05, 0.1) is 0 Å². The Hall–Kier alpha value is -1.06. The van der Waals surface area contributed by atoms with Crippen LogP contribution in [0.2, 0.25) is 0 Å². The molecular formula is C17H30N2O2. The summed E-state index contributed by atoms with van der Waals surface area (Å²) in [7, 11) is 0. The van der Waals surface area contributed by atoms with Gasteiger partial charge in [-0.2, -0.15) is 0 Å². The molecule has 1 N–H and O–H groups in total. The summed E-state index contributed by atoms with van der Waals surface area (Å²) in [4.78, 5) is 27.4. The van der Waals surface area contributed by atoms with Crippen molar-refractivity contribution in [3.05, 3.63) is 0 Å². The minimum absolute atomic E-state index is 0.0527. The number of amides is 2. The molecule has 1 aliphatic heterocycles. The molecule has 120 valence electrons. The summed E-state index contributed by atoms with van der Waals surface area (Å²) in [5.74, 6) is 0.510. The lowest BCUT2D eigenvalue weighted by atomic mass is 9.85. The van der Waals surface area contributed by atoms with E-state index in [0.717, 1.165) is 32.1 Å². The Kier molecular flexibility index (Phi) is 4.36. The Morgan fingerprint density at radius 3 is 2.38 bits per heavy atom. The minimum Gasteiger partial charge on any atom is -0.342 e. The first-order valence-corrected chi connectivity index (χ1v) is 8.32. The van der Waals surface area contributed by atoms with Crippen LogP contribution in [0.1, 0.15) is 66.7 Å². The number of rotatable bonds is 5. The maximum absolute atomic E-state index is 12.8. The van der Waals surface area contributed by atoms with E-state index < -0.39 is 5.54 Å². The van der Waals surface area contributed by atoms with E-state index >= 15 is 0 Å². The van der Waals surface area contributed by atoms with E-state index in [-0.39, 0.29) is 23.3 Å². The predicted octanol–water partition coefficient (Wildman–Crippen LogP) is 2.72. The second kappa shape index (κ2) is 5.62. The van der Waals surface area contributed by atoms with E-state index in [2.05, 4.69) is 26.1 Å². The van der Waals surface area contributed by atoms with Crippen molar-refractivity contribution in [3.63, 3.8) is 0 Å². The largest absolute Gasteiger partial charge is 0.342 e. The van der Waals surface area contributed by atoms with Crippen LogP contribution in [0.4, 0.5) is 0 Å². The third kappa shape index (κ3) is 3.24. The van der Waals surface area contributed by atoms with E-state index in [1.54, 1.807) is 0 Å². The van der Waals surface area contributed by atoms with Gasteiger partial charge in [-0.25, -0.2) is 0 Å². The molecule has 4 heteroatoms. The van der Waals surface area contributed by atoms with Crippen molar-refractivity contribution >= 4 is 11.8 Å². The molecule has 2 aliphatic rings. The van der Waals surface area contributed by atoms with Crippen LogP contribution in [-0.2, 0) is 9.59 Å². The summed E-state index contributed by atoms with van der Waals surface area (Å²) >= 11 is 0. The highest BCUT2D eigenvalue weighted by atomic mass is 16.2. The monoisotopic (exact) mass is 294 g/mol. The average molecular weight is 294 g/mol. The van der Waals surface area contributed by atoms with Crippen molar-refractivity contribution in [1.82, 2.24) is 10.2 Å². The topological polar surface area (TPSA) is 49.4 Å².